The third kappa shape index (κ3) is 0.701. The molecule has 0 aromatic heterocycles. The Kier molecular flexibility index (Phi) is 1.14. The van der Waals surface area contributed by atoms with E-state index in [0.29, 0.717) is 10.4 Å². The number of hydrogen-bond donors (Lipinski definition) is 3. The predicted molar refractivity (Wildman–Crippen MR) is 42.3 cm³/mol. The van der Waals surface area contributed by atoms with Crippen LogP contribution in [0.15, 0.2) is 5.10 Å². The summed E-state index contributed by atoms with van der Waals surface area (Å²) in [6.07, 6.45) is 0.164. The van der Waals surface area contributed by atoms with Crippen molar-refractivity contribution in [1.29, 1.82) is 5.41 Å². The van der Waals surface area contributed by atoms with Gasteiger partial charge in [0.15, 0.2) is 5.17 Å². The highest BCUT2D eigenvalue weighted by molar-refractivity contribution is 8.15. The lowest BCUT2D eigenvalue weighted by molar-refractivity contribution is 0.572. The summed E-state index contributed by atoms with van der Waals surface area (Å²) in [5.74, 6) is 0. The summed E-state index contributed by atoms with van der Waals surface area (Å²) in [5, 5.41) is 15.2. The van der Waals surface area contributed by atoms with Gasteiger partial charge in [0, 0.05) is 0 Å². The number of fused-ring (bicyclic) bond motifs is 1. The number of amidine groups is 1. The van der Waals surface area contributed by atoms with Gasteiger partial charge in [0.05, 0.1) is 11.0 Å². The fraction of sp³-hybridized carbons (Fsp3) is 0.600. The van der Waals surface area contributed by atoms with Gasteiger partial charge in [-0.25, -0.2) is 0 Å². The van der Waals surface area contributed by atoms with E-state index in [4.69, 9.17) is 5.41 Å². The van der Waals surface area contributed by atoms with Gasteiger partial charge in [-0.1, -0.05) is 11.8 Å². The van der Waals surface area contributed by atoms with Gasteiger partial charge >= 0.3 is 0 Å². The molecule has 0 amide bonds. The van der Waals surface area contributed by atoms with Crippen LogP contribution in [-0.2, 0) is 0 Å². The molecule has 5 heteroatoms. The molecule has 2 aliphatic heterocycles. The Morgan fingerprint density at radius 1 is 1.70 bits per heavy atom. The van der Waals surface area contributed by atoms with E-state index in [0.717, 1.165) is 5.71 Å². The normalized spacial score (nSPS) is 36.5. The smallest absolute Gasteiger partial charge is 0.156 e. The zero-order valence-electron chi connectivity index (χ0n) is 5.51. The first-order valence-corrected chi connectivity index (χ1v) is 3.97. The van der Waals surface area contributed by atoms with Gasteiger partial charge in [0.2, 0.25) is 0 Å². The molecule has 4 nitrogen and oxygen atoms in total. The van der Waals surface area contributed by atoms with Crippen molar-refractivity contribution in [2.24, 2.45) is 5.10 Å². The van der Waals surface area contributed by atoms with Crippen LogP contribution in [0.3, 0.4) is 0 Å². The van der Waals surface area contributed by atoms with Gasteiger partial charge in [-0.2, -0.15) is 5.10 Å². The van der Waals surface area contributed by atoms with Gasteiger partial charge < -0.3 is 5.32 Å². The van der Waals surface area contributed by atoms with Crippen molar-refractivity contribution >= 4 is 22.6 Å². The predicted octanol–water partition coefficient (Wildman–Crippen LogP) is -0.0686. The van der Waals surface area contributed by atoms with Crippen LogP contribution in [0.5, 0.6) is 0 Å². The second kappa shape index (κ2) is 1.88. The molecule has 0 aliphatic carbocycles. The average molecular weight is 156 g/mol. The lowest BCUT2D eigenvalue weighted by Gasteiger charge is -2.05. The fourth-order valence-corrected chi connectivity index (χ4v) is 2.04. The van der Waals surface area contributed by atoms with E-state index in [1.165, 1.54) is 11.8 Å². The molecule has 2 aliphatic rings. The molecule has 3 N–H and O–H groups in total. The minimum absolute atomic E-state index is 0.164. The fourth-order valence-electron chi connectivity index (χ4n) is 1.11. The minimum Gasteiger partial charge on any atom is -0.343 e. The third-order valence-corrected chi connectivity index (χ3v) is 2.85. The second-order valence-corrected chi connectivity index (χ2v) is 3.52. The van der Waals surface area contributed by atoms with E-state index in [1.54, 1.807) is 0 Å². The summed E-state index contributed by atoms with van der Waals surface area (Å²) < 4.78 is 0. The monoisotopic (exact) mass is 156 g/mol. The quantitative estimate of drug-likeness (QED) is 0.460. The Labute approximate surface area is 63.0 Å². The van der Waals surface area contributed by atoms with Crippen molar-refractivity contribution in [3.05, 3.63) is 0 Å². The number of thioether (sulfide) groups is 1. The lowest BCUT2D eigenvalue weighted by atomic mass is 10.2. The van der Waals surface area contributed by atoms with Gasteiger partial charge in [-0.15, -0.1) is 0 Å². The topological polar surface area (TPSA) is 60.3 Å². The standard InChI is InChI=1S/C5H8N4S/c1-2-3-4(9-8-2)7-5(6)10-3/h3-4,9H,1H3,(H2,6,7). The largest absolute Gasteiger partial charge is 0.343 e. The van der Waals surface area contributed by atoms with E-state index in [1.807, 2.05) is 6.92 Å². The SMILES string of the molecule is CC1=NNC2NC(=N)SC12. The molecule has 1 saturated heterocycles. The molecule has 54 valence electrons. The molecule has 0 radical (unpaired) electrons. The van der Waals surface area contributed by atoms with Gasteiger partial charge in [-0.3, -0.25) is 10.8 Å². The molecule has 0 spiro atoms. The maximum Gasteiger partial charge on any atom is 0.156 e. The molecule has 0 aromatic rings. The highest BCUT2D eigenvalue weighted by Crippen LogP contribution is 2.25. The van der Waals surface area contributed by atoms with Crippen LogP contribution in [0.2, 0.25) is 0 Å². The number of rotatable bonds is 0. The molecule has 2 heterocycles. The van der Waals surface area contributed by atoms with Crippen molar-refractivity contribution < 1.29 is 0 Å². The maximum atomic E-state index is 7.29. The molecule has 0 saturated carbocycles. The average Bonchev–Trinajstić information content (AvgIpc) is 2.35. The van der Waals surface area contributed by atoms with Gasteiger partial charge in [0.1, 0.15) is 6.17 Å². The van der Waals surface area contributed by atoms with Crippen LogP contribution in [-0.4, -0.2) is 22.3 Å². The van der Waals surface area contributed by atoms with E-state index < -0.39 is 0 Å². The highest BCUT2D eigenvalue weighted by atomic mass is 32.2. The lowest BCUT2D eigenvalue weighted by Crippen LogP contribution is -2.38. The Hall–Kier alpha value is -0.710. The van der Waals surface area contributed by atoms with E-state index in [9.17, 15) is 0 Å². The molecule has 2 unspecified atom stereocenters. The van der Waals surface area contributed by atoms with E-state index >= 15 is 0 Å². The summed E-state index contributed by atoms with van der Waals surface area (Å²) in [7, 11) is 0. The molecule has 0 aromatic carbocycles. The van der Waals surface area contributed by atoms with Crippen molar-refractivity contribution in [3.8, 4) is 0 Å². The second-order valence-electron chi connectivity index (χ2n) is 2.37. The first-order chi connectivity index (χ1) is 4.77. The van der Waals surface area contributed by atoms with Crippen LogP contribution in [0.1, 0.15) is 6.92 Å². The molecule has 0 bridgehead atoms. The van der Waals surface area contributed by atoms with Crippen LogP contribution >= 0.6 is 11.8 Å². The van der Waals surface area contributed by atoms with Crippen LogP contribution < -0.4 is 10.7 Å². The first kappa shape index (κ1) is 6.03. The molecule has 1 fully saturated rings. The number of nitrogens with zero attached hydrogens (tertiary/aromatic N) is 1. The van der Waals surface area contributed by atoms with Crippen LogP contribution in [0.4, 0.5) is 0 Å². The molecule has 2 atom stereocenters. The Morgan fingerprint density at radius 3 is 3.20 bits per heavy atom. The molecule has 2 rings (SSSR count). The summed E-state index contributed by atoms with van der Waals surface area (Å²) in [6.45, 7) is 1.98. The third-order valence-electron chi connectivity index (χ3n) is 1.63. The van der Waals surface area contributed by atoms with Crippen LogP contribution in [0.25, 0.3) is 0 Å². The first-order valence-electron chi connectivity index (χ1n) is 3.09. The number of hydrogen-bond acceptors (Lipinski definition) is 4. The zero-order chi connectivity index (χ0) is 7.14. The summed E-state index contributed by atoms with van der Waals surface area (Å²) in [4.78, 5) is 0. The summed E-state index contributed by atoms with van der Waals surface area (Å²) >= 11 is 1.52. The summed E-state index contributed by atoms with van der Waals surface area (Å²) in [5.41, 5.74) is 3.99. The summed E-state index contributed by atoms with van der Waals surface area (Å²) in [6, 6.07) is 0. The van der Waals surface area contributed by atoms with Crippen molar-refractivity contribution in [3.63, 3.8) is 0 Å². The Bertz CT molecular complexity index is 212. The van der Waals surface area contributed by atoms with Gasteiger partial charge in [-0.05, 0) is 6.92 Å². The van der Waals surface area contributed by atoms with Crippen molar-refractivity contribution in [1.82, 2.24) is 10.7 Å². The minimum atomic E-state index is 0.164. The van der Waals surface area contributed by atoms with Crippen LogP contribution in [0, 0.1) is 5.41 Å². The van der Waals surface area contributed by atoms with Gasteiger partial charge in [0.25, 0.3) is 0 Å². The van der Waals surface area contributed by atoms with Crippen molar-refractivity contribution in [2.45, 2.75) is 18.3 Å². The van der Waals surface area contributed by atoms with E-state index in [-0.39, 0.29) is 6.17 Å². The van der Waals surface area contributed by atoms with E-state index in [2.05, 4.69) is 15.8 Å². The highest BCUT2D eigenvalue weighted by Gasteiger charge is 2.36. The maximum absolute atomic E-state index is 7.29. The number of nitrogens with one attached hydrogen (secondary N) is 3. The molecular weight excluding hydrogens is 148 g/mol. The van der Waals surface area contributed by atoms with Crippen molar-refractivity contribution in [2.75, 3.05) is 0 Å². The molecular formula is C5H8N4S. The zero-order valence-corrected chi connectivity index (χ0v) is 6.33. The number of hydrazone groups is 1. The Balaban J connectivity index is 2.20. The molecule has 10 heavy (non-hydrogen) atoms. The Morgan fingerprint density at radius 2 is 2.50 bits per heavy atom.